The molecule has 1 atom stereocenters. The average Bonchev–Trinajstić information content (AvgIpc) is 3.23. The van der Waals surface area contributed by atoms with E-state index in [0.717, 1.165) is 39.9 Å². The summed E-state index contributed by atoms with van der Waals surface area (Å²) in [4.78, 5) is 9.85. The van der Waals surface area contributed by atoms with Gasteiger partial charge in [0.2, 0.25) is 0 Å². The zero-order chi connectivity index (χ0) is 16.1. The van der Waals surface area contributed by atoms with Crippen LogP contribution in [0.4, 0.5) is 0 Å². The molecule has 3 rings (SSSR count). The summed E-state index contributed by atoms with van der Waals surface area (Å²) >= 11 is 7.51. The molecule has 23 heavy (non-hydrogen) atoms. The number of nitrogens with one attached hydrogen (secondary N) is 1. The molecule has 122 valence electrons. The molecule has 1 unspecified atom stereocenters. The lowest BCUT2D eigenvalue weighted by Crippen LogP contribution is -2.37. The Bertz CT molecular complexity index is 665. The summed E-state index contributed by atoms with van der Waals surface area (Å²) in [7, 11) is 0. The number of halogens is 1. The first kappa shape index (κ1) is 16.2. The van der Waals surface area contributed by atoms with Crippen LogP contribution in [0.15, 0.2) is 35.5 Å². The van der Waals surface area contributed by atoms with Gasteiger partial charge in [-0.05, 0) is 25.0 Å². The summed E-state index contributed by atoms with van der Waals surface area (Å²) in [5.41, 5.74) is 6.94. The van der Waals surface area contributed by atoms with Gasteiger partial charge in [0.1, 0.15) is 5.01 Å². The summed E-state index contributed by atoms with van der Waals surface area (Å²) in [6.07, 6.45) is 4.30. The van der Waals surface area contributed by atoms with E-state index in [0.29, 0.717) is 19.0 Å². The molecule has 0 spiro atoms. The van der Waals surface area contributed by atoms with Crippen LogP contribution in [-0.4, -0.2) is 30.2 Å². The molecule has 1 fully saturated rings. The van der Waals surface area contributed by atoms with Crippen LogP contribution in [0.1, 0.15) is 17.7 Å². The maximum absolute atomic E-state index is 5.90. The van der Waals surface area contributed by atoms with Crippen LogP contribution < -0.4 is 11.1 Å². The standard InChI is InChI=1S/C16H19ClN4OS/c17-12-5-3-11(4-6-12)15-19-9-14(23-15)10-21-16(18)20-8-13-2-1-7-22-13/h3-6,9,13H,1-2,7-8,10H2,(H3,18,20,21). The molecule has 5 nitrogen and oxygen atoms in total. The third-order valence-electron chi connectivity index (χ3n) is 3.58. The number of nitrogens with zero attached hydrogens (tertiary/aromatic N) is 2. The zero-order valence-corrected chi connectivity index (χ0v) is 14.2. The Morgan fingerprint density at radius 2 is 2.26 bits per heavy atom. The van der Waals surface area contributed by atoms with E-state index in [9.17, 15) is 0 Å². The van der Waals surface area contributed by atoms with Crippen molar-refractivity contribution in [2.75, 3.05) is 13.2 Å². The number of nitrogens with two attached hydrogens (primary N) is 1. The molecule has 1 aliphatic heterocycles. The van der Waals surface area contributed by atoms with Crippen LogP contribution in [-0.2, 0) is 11.3 Å². The number of hydrogen-bond acceptors (Lipinski definition) is 4. The van der Waals surface area contributed by atoms with E-state index in [1.807, 2.05) is 30.5 Å². The highest BCUT2D eigenvalue weighted by atomic mass is 35.5. The van der Waals surface area contributed by atoms with Crippen LogP contribution in [0, 0.1) is 0 Å². The second kappa shape index (κ2) is 7.77. The molecule has 0 aliphatic carbocycles. The molecular weight excluding hydrogens is 332 g/mol. The number of aromatic nitrogens is 1. The van der Waals surface area contributed by atoms with Gasteiger partial charge in [-0.1, -0.05) is 23.7 Å². The van der Waals surface area contributed by atoms with Crippen LogP contribution >= 0.6 is 22.9 Å². The van der Waals surface area contributed by atoms with Gasteiger partial charge >= 0.3 is 0 Å². The van der Waals surface area contributed by atoms with Crippen molar-refractivity contribution in [1.29, 1.82) is 0 Å². The van der Waals surface area contributed by atoms with Crippen LogP contribution in [0.3, 0.4) is 0 Å². The minimum atomic E-state index is 0.253. The first-order valence-electron chi connectivity index (χ1n) is 7.57. The fourth-order valence-electron chi connectivity index (χ4n) is 2.35. The smallest absolute Gasteiger partial charge is 0.189 e. The van der Waals surface area contributed by atoms with Crippen molar-refractivity contribution in [2.24, 2.45) is 10.7 Å². The van der Waals surface area contributed by atoms with Crippen molar-refractivity contribution in [2.45, 2.75) is 25.5 Å². The fraction of sp³-hybridized carbons (Fsp3) is 0.375. The molecule has 0 bridgehead atoms. The summed E-state index contributed by atoms with van der Waals surface area (Å²) in [6.45, 7) is 2.08. The molecule has 3 N–H and O–H groups in total. The number of benzene rings is 1. The Hall–Kier alpha value is -1.63. The van der Waals surface area contributed by atoms with Gasteiger partial charge in [-0.25, -0.2) is 9.98 Å². The van der Waals surface area contributed by atoms with E-state index in [1.165, 1.54) is 0 Å². The highest BCUT2D eigenvalue weighted by Gasteiger charge is 2.14. The Kier molecular flexibility index (Phi) is 5.48. The number of rotatable bonds is 5. The van der Waals surface area contributed by atoms with Gasteiger partial charge in [-0.3, -0.25) is 0 Å². The summed E-state index contributed by atoms with van der Waals surface area (Å²) < 4.78 is 5.54. The third-order valence-corrected chi connectivity index (χ3v) is 4.87. The molecule has 2 aromatic rings. The SMILES string of the molecule is NC(=NCc1cnc(-c2ccc(Cl)cc2)s1)NCC1CCCO1. The van der Waals surface area contributed by atoms with Crippen molar-refractivity contribution in [3.63, 3.8) is 0 Å². The van der Waals surface area contributed by atoms with E-state index in [2.05, 4.69) is 15.3 Å². The van der Waals surface area contributed by atoms with E-state index in [-0.39, 0.29) is 6.10 Å². The van der Waals surface area contributed by atoms with Gasteiger partial charge in [-0.15, -0.1) is 11.3 Å². The zero-order valence-electron chi connectivity index (χ0n) is 12.7. The molecule has 2 heterocycles. The number of guanidine groups is 1. The maximum atomic E-state index is 5.90. The Morgan fingerprint density at radius 1 is 1.43 bits per heavy atom. The lowest BCUT2D eigenvalue weighted by Gasteiger charge is -2.10. The molecule has 7 heteroatoms. The topological polar surface area (TPSA) is 72.5 Å². The van der Waals surface area contributed by atoms with Crippen molar-refractivity contribution in [3.8, 4) is 10.6 Å². The minimum Gasteiger partial charge on any atom is -0.376 e. The first-order valence-corrected chi connectivity index (χ1v) is 8.76. The lowest BCUT2D eigenvalue weighted by atomic mass is 10.2. The van der Waals surface area contributed by atoms with Gasteiger partial charge in [0, 0.05) is 34.8 Å². The van der Waals surface area contributed by atoms with Crippen LogP contribution in [0.5, 0.6) is 0 Å². The monoisotopic (exact) mass is 350 g/mol. The molecule has 1 aromatic heterocycles. The largest absolute Gasteiger partial charge is 0.376 e. The van der Waals surface area contributed by atoms with Crippen molar-refractivity contribution >= 4 is 28.9 Å². The maximum Gasteiger partial charge on any atom is 0.189 e. The summed E-state index contributed by atoms with van der Waals surface area (Å²) in [5.74, 6) is 0.446. The van der Waals surface area contributed by atoms with E-state index < -0.39 is 0 Å². The summed E-state index contributed by atoms with van der Waals surface area (Å²) in [5, 5.41) is 4.79. The highest BCUT2D eigenvalue weighted by Crippen LogP contribution is 2.26. The molecule has 1 aromatic carbocycles. The minimum absolute atomic E-state index is 0.253. The average molecular weight is 351 g/mol. The normalized spacial score (nSPS) is 18.3. The van der Waals surface area contributed by atoms with Crippen molar-refractivity contribution in [3.05, 3.63) is 40.4 Å². The number of ether oxygens (including phenoxy) is 1. The van der Waals surface area contributed by atoms with Gasteiger partial charge in [0.05, 0.1) is 12.6 Å². The Balaban J connectivity index is 1.53. The quantitative estimate of drug-likeness (QED) is 0.642. The van der Waals surface area contributed by atoms with Gasteiger partial charge in [-0.2, -0.15) is 0 Å². The second-order valence-electron chi connectivity index (χ2n) is 5.36. The predicted molar refractivity (Wildman–Crippen MR) is 94.9 cm³/mol. The van der Waals surface area contributed by atoms with Crippen molar-refractivity contribution in [1.82, 2.24) is 10.3 Å². The molecule has 0 amide bonds. The van der Waals surface area contributed by atoms with Gasteiger partial charge < -0.3 is 15.8 Å². The molecule has 1 aliphatic rings. The third kappa shape index (κ3) is 4.67. The molecular formula is C16H19ClN4OS. The number of aliphatic imine (C=N–C) groups is 1. The number of hydrogen-bond donors (Lipinski definition) is 2. The number of thiazole rings is 1. The molecule has 0 radical (unpaired) electrons. The van der Waals surface area contributed by atoms with Crippen molar-refractivity contribution < 1.29 is 4.74 Å². The van der Waals surface area contributed by atoms with E-state index in [4.69, 9.17) is 22.1 Å². The van der Waals surface area contributed by atoms with E-state index in [1.54, 1.807) is 11.3 Å². The summed E-state index contributed by atoms with van der Waals surface area (Å²) in [6, 6.07) is 7.66. The predicted octanol–water partition coefficient (Wildman–Crippen LogP) is 3.05. The van der Waals surface area contributed by atoms with Gasteiger partial charge in [0.25, 0.3) is 0 Å². The fourth-order valence-corrected chi connectivity index (χ4v) is 3.32. The molecule has 0 saturated carbocycles. The first-order chi connectivity index (χ1) is 11.2. The Labute approximate surface area is 144 Å². The lowest BCUT2D eigenvalue weighted by molar-refractivity contribution is 0.114. The highest BCUT2D eigenvalue weighted by molar-refractivity contribution is 7.15. The van der Waals surface area contributed by atoms with Crippen LogP contribution in [0.2, 0.25) is 5.02 Å². The van der Waals surface area contributed by atoms with Gasteiger partial charge in [0.15, 0.2) is 5.96 Å². The van der Waals surface area contributed by atoms with E-state index >= 15 is 0 Å². The molecule has 1 saturated heterocycles. The second-order valence-corrected chi connectivity index (χ2v) is 6.91. The Morgan fingerprint density at radius 3 is 3.00 bits per heavy atom. The van der Waals surface area contributed by atoms with Crippen LogP contribution in [0.25, 0.3) is 10.6 Å².